The second kappa shape index (κ2) is 5.09. The monoisotopic (exact) mass is 265 g/mol. The summed E-state index contributed by atoms with van der Waals surface area (Å²) in [5.74, 6) is 0. The molecule has 0 saturated heterocycles. The smallest absolute Gasteiger partial charge is 0.323 e. The van der Waals surface area contributed by atoms with Crippen molar-refractivity contribution in [2.45, 2.75) is 0 Å². The van der Waals surface area contributed by atoms with Gasteiger partial charge in [0, 0.05) is 35.5 Å². The van der Waals surface area contributed by atoms with Gasteiger partial charge in [0.1, 0.15) is 0 Å². The van der Waals surface area contributed by atoms with Crippen LogP contribution in [0.4, 0.5) is 16.2 Å². The predicted octanol–water partition coefficient (Wildman–Crippen LogP) is 3.82. The fraction of sp³-hybridized carbons (Fsp3) is 0.0625. The predicted molar refractivity (Wildman–Crippen MR) is 82.0 cm³/mol. The molecule has 0 aliphatic carbocycles. The highest BCUT2D eigenvalue weighted by Crippen LogP contribution is 2.19. The zero-order valence-electron chi connectivity index (χ0n) is 11.1. The van der Waals surface area contributed by atoms with Crippen molar-refractivity contribution in [2.24, 2.45) is 7.05 Å². The van der Waals surface area contributed by atoms with Crippen molar-refractivity contribution in [3.05, 3.63) is 60.8 Å². The summed E-state index contributed by atoms with van der Waals surface area (Å²) in [7, 11) is 2.00. The number of amides is 2. The number of nitrogens with one attached hydrogen (secondary N) is 2. The second-order valence-electron chi connectivity index (χ2n) is 4.65. The van der Waals surface area contributed by atoms with E-state index in [1.54, 1.807) is 0 Å². The molecule has 2 N–H and O–H groups in total. The van der Waals surface area contributed by atoms with Gasteiger partial charge in [0.15, 0.2) is 0 Å². The molecule has 0 saturated carbocycles. The SMILES string of the molecule is Cn1ccc2cc(NC(=O)Nc3ccccc3)ccc21. The van der Waals surface area contributed by atoms with Crippen LogP contribution in [0.1, 0.15) is 0 Å². The molecule has 0 atom stereocenters. The molecule has 0 radical (unpaired) electrons. The molecule has 4 nitrogen and oxygen atoms in total. The molecule has 2 amide bonds. The van der Waals surface area contributed by atoms with Gasteiger partial charge in [-0.25, -0.2) is 4.79 Å². The number of anilines is 2. The summed E-state index contributed by atoms with van der Waals surface area (Å²) in [5.41, 5.74) is 2.68. The Balaban J connectivity index is 1.74. The number of hydrogen-bond donors (Lipinski definition) is 2. The van der Waals surface area contributed by atoms with Gasteiger partial charge in [0.2, 0.25) is 0 Å². The van der Waals surface area contributed by atoms with E-state index < -0.39 is 0 Å². The van der Waals surface area contributed by atoms with Gasteiger partial charge >= 0.3 is 6.03 Å². The Bertz CT molecular complexity index is 747. The van der Waals surface area contributed by atoms with Crippen molar-refractivity contribution in [2.75, 3.05) is 10.6 Å². The third-order valence-corrected chi connectivity index (χ3v) is 3.17. The Morgan fingerprint density at radius 3 is 2.50 bits per heavy atom. The minimum atomic E-state index is -0.244. The third kappa shape index (κ3) is 2.49. The highest BCUT2D eigenvalue weighted by Gasteiger charge is 2.04. The Labute approximate surface area is 117 Å². The van der Waals surface area contributed by atoms with Crippen LogP contribution in [0.25, 0.3) is 10.9 Å². The zero-order valence-corrected chi connectivity index (χ0v) is 11.1. The minimum Gasteiger partial charge on any atom is -0.351 e. The molecule has 3 aromatic rings. The molecule has 100 valence electrons. The first-order valence-electron chi connectivity index (χ1n) is 6.40. The fourth-order valence-corrected chi connectivity index (χ4v) is 2.17. The van der Waals surface area contributed by atoms with Gasteiger partial charge in [0.25, 0.3) is 0 Å². The summed E-state index contributed by atoms with van der Waals surface area (Å²) in [6.45, 7) is 0. The summed E-state index contributed by atoms with van der Waals surface area (Å²) in [4.78, 5) is 11.9. The van der Waals surface area contributed by atoms with Crippen LogP contribution in [-0.4, -0.2) is 10.6 Å². The van der Waals surface area contributed by atoms with Crippen molar-refractivity contribution in [1.29, 1.82) is 0 Å². The molecular formula is C16H15N3O. The average molecular weight is 265 g/mol. The van der Waals surface area contributed by atoms with Gasteiger partial charge < -0.3 is 15.2 Å². The van der Waals surface area contributed by atoms with Crippen LogP contribution in [0.2, 0.25) is 0 Å². The summed E-state index contributed by atoms with van der Waals surface area (Å²) in [6, 6.07) is 17.0. The summed E-state index contributed by atoms with van der Waals surface area (Å²) in [5, 5.41) is 6.72. The molecule has 20 heavy (non-hydrogen) atoms. The lowest BCUT2D eigenvalue weighted by atomic mass is 10.2. The van der Waals surface area contributed by atoms with Gasteiger partial charge in [-0.15, -0.1) is 0 Å². The molecule has 0 unspecified atom stereocenters. The quantitative estimate of drug-likeness (QED) is 0.727. The minimum absolute atomic E-state index is 0.244. The summed E-state index contributed by atoms with van der Waals surface area (Å²) >= 11 is 0. The number of aromatic nitrogens is 1. The van der Waals surface area contributed by atoms with E-state index in [1.807, 2.05) is 72.4 Å². The number of carbonyl (C=O) groups excluding carboxylic acids is 1. The largest absolute Gasteiger partial charge is 0.351 e. The normalized spacial score (nSPS) is 10.4. The first-order valence-corrected chi connectivity index (χ1v) is 6.40. The number of carbonyl (C=O) groups is 1. The first-order chi connectivity index (χ1) is 9.72. The van der Waals surface area contributed by atoms with Crippen LogP contribution >= 0.6 is 0 Å². The standard InChI is InChI=1S/C16H15N3O/c1-19-10-9-12-11-14(7-8-15(12)19)18-16(20)17-13-5-3-2-4-6-13/h2-11H,1H3,(H2,17,18,20). The first kappa shape index (κ1) is 12.3. The maximum absolute atomic E-state index is 11.9. The lowest BCUT2D eigenvalue weighted by Gasteiger charge is -2.08. The van der Waals surface area contributed by atoms with Crippen molar-refractivity contribution < 1.29 is 4.79 Å². The lowest BCUT2D eigenvalue weighted by Crippen LogP contribution is -2.19. The Hall–Kier alpha value is -2.75. The molecule has 4 heteroatoms. The van der Waals surface area contributed by atoms with Crippen molar-refractivity contribution in [3.8, 4) is 0 Å². The van der Waals surface area contributed by atoms with E-state index in [0.717, 1.165) is 22.3 Å². The number of fused-ring (bicyclic) bond motifs is 1. The number of rotatable bonds is 2. The van der Waals surface area contributed by atoms with Crippen molar-refractivity contribution >= 4 is 28.3 Å². The molecule has 0 aliphatic heterocycles. The number of aryl methyl sites for hydroxylation is 1. The molecule has 0 bridgehead atoms. The number of nitrogens with zero attached hydrogens (tertiary/aromatic N) is 1. The average Bonchev–Trinajstić information content (AvgIpc) is 2.81. The maximum atomic E-state index is 11.9. The second-order valence-corrected chi connectivity index (χ2v) is 4.65. The zero-order chi connectivity index (χ0) is 13.9. The van der Waals surface area contributed by atoms with E-state index in [0.29, 0.717) is 0 Å². The molecule has 2 aromatic carbocycles. The van der Waals surface area contributed by atoms with E-state index in [9.17, 15) is 4.79 Å². The molecule has 0 spiro atoms. The van der Waals surface area contributed by atoms with Gasteiger partial charge in [-0.1, -0.05) is 18.2 Å². The number of urea groups is 1. The van der Waals surface area contributed by atoms with Crippen molar-refractivity contribution in [3.63, 3.8) is 0 Å². The van der Waals surface area contributed by atoms with Gasteiger partial charge in [-0.2, -0.15) is 0 Å². The highest BCUT2D eigenvalue weighted by atomic mass is 16.2. The molecule has 1 heterocycles. The molecule has 0 fully saturated rings. The topological polar surface area (TPSA) is 46.1 Å². The Morgan fingerprint density at radius 2 is 1.70 bits per heavy atom. The summed E-state index contributed by atoms with van der Waals surface area (Å²) < 4.78 is 2.04. The van der Waals surface area contributed by atoms with Gasteiger partial charge in [0.05, 0.1) is 0 Å². The Kier molecular flexibility index (Phi) is 3.13. The van der Waals surface area contributed by atoms with Crippen LogP contribution < -0.4 is 10.6 Å². The van der Waals surface area contributed by atoms with Gasteiger partial charge in [-0.05, 0) is 36.4 Å². The van der Waals surface area contributed by atoms with Crippen LogP contribution in [0.3, 0.4) is 0 Å². The molecular weight excluding hydrogens is 250 g/mol. The number of benzene rings is 2. The van der Waals surface area contributed by atoms with E-state index in [1.165, 1.54) is 0 Å². The van der Waals surface area contributed by atoms with Crippen LogP contribution in [0.5, 0.6) is 0 Å². The van der Waals surface area contributed by atoms with Crippen LogP contribution in [0.15, 0.2) is 60.8 Å². The third-order valence-electron chi connectivity index (χ3n) is 3.17. The van der Waals surface area contributed by atoms with E-state index in [4.69, 9.17) is 0 Å². The number of hydrogen-bond acceptors (Lipinski definition) is 1. The van der Waals surface area contributed by atoms with E-state index in [-0.39, 0.29) is 6.03 Å². The maximum Gasteiger partial charge on any atom is 0.323 e. The molecule has 3 rings (SSSR count). The lowest BCUT2D eigenvalue weighted by molar-refractivity contribution is 0.262. The molecule has 1 aromatic heterocycles. The number of para-hydroxylation sites is 1. The van der Waals surface area contributed by atoms with E-state index in [2.05, 4.69) is 10.6 Å². The Morgan fingerprint density at radius 1 is 0.950 bits per heavy atom. The highest BCUT2D eigenvalue weighted by molar-refractivity contribution is 6.01. The molecule has 0 aliphatic rings. The fourth-order valence-electron chi connectivity index (χ4n) is 2.17. The van der Waals surface area contributed by atoms with Crippen LogP contribution in [-0.2, 0) is 7.05 Å². The summed E-state index contributed by atoms with van der Waals surface area (Å²) in [6.07, 6.45) is 2.00. The van der Waals surface area contributed by atoms with Crippen LogP contribution in [0, 0.1) is 0 Å². The van der Waals surface area contributed by atoms with Crippen molar-refractivity contribution in [1.82, 2.24) is 4.57 Å². The van der Waals surface area contributed by atoms with E-state index >= 15 is 0 Å². The van der Waals surface area contributed by atoms with Gasteiger partial charge in [-0.3, -0.25) is 0 Å².